The van der Waals surface area contributed by atoms with Gasteiger partial charge in [0.15, 0.2) is 0 Å². The number of aliphatic hydroxyl groups excluding tert-OH is 1. The summed E-state index contributed by atoms with van der Waals surface area (Å²) in [6, 6.07) is 5.14. The number of carbonyl (C=O) groups excluding carboxylic acids is 1. The molecule has 2 rings (SSSR count). The van der Waals surface area contributed by atoms with E-state index < -0.39 is 6.10 Å². The van der Waals surface area contributed by atoms with Gasteiger partial charge >= 0.3 is 6.03 Å². The monoisotopic (exact) mass is 342 g/mol. The molecule has 0 saturated heterocycles. The summed E-state index contributed by atoms with van der Waals surface area (Å²) >= 11 is 3.36. The van der Waals surface area contributed by atoms with Gasteiger partial charge in [-0.1, -0.05) is 15.9 Å². The Morgan fingerprint density at radius 2 is 2.30 bits per heavy atom. The first-order chi connectivity index (χ1) is 9.51. The summed E-state index contributed by atoms with van der Waals surface area (Å²) in [6.07, 6.45) is 1.67. The summed E-state index contributed by atoms with van der Waals surface area (Å²) in [6.45, 7) is 0.340. The highest BCUT2D eigenvalue weighted by atomic mass is 79.9. The largest absolute Gasteiger partial charge is 0.495 e. The van der Waals surface area contributed by atoms with Crippen molar-refractivity contribution in [2.24, 2.45) is 5.92 Å². The van der Waals surface area contributed by atoms with E-state index in [0.717, 1.165) is 17.3 Å². The van der Waals surface area contributed by atoms with Gasteiger partial charge in [-0.3, -0.25) is 0 Å². The minimum Gasteiger partial charge on any atom is -0.495 e. The van der Waals surface area contributed by atoms with Crippen molar-refractivity contribution in [3.05, 3.63) is 22.7 Å². The molecule has 110 valence electrons. The topological polar surface area (TPSA) is 61.8 Å². The molecule has 1 unspecified atom stereocenters. The predicted octanol–water partition coefficient (Wildman–Crippen LogP) is 2.69. The van der Waals surface area contributed by atoms with Gasteiger partial charge in [-0.15, -0.1) is 0 Å². The molecule has 1 aliphatic carbocycles. The molecule has 1 atom stereocenters. The molecular formula is C14H19BrN2O3. The average Bonchev–Trinajstić information content (AvgIpc) is 3.23. The predicted molar refractivity (Wildman–Crippen MR) is 81.1 cm³/mol. The minimum atomic E-state index is -0.435. The zero-order valence-corrected chi connectivity index (χ0v) is 13.2. The Labute approximate surface area is 127 Å². The Morgan fingerprint density at radius 1 is 1.60 bits per heavy atom. The van der Waals surface area contributed by atoms with Crippen LogP contribution in [0.4, 0.5) is 10.5 Å². The average molecular weight is 343 g/mol. The molecule has 6 heteroatoms. The highest BCUT2D eigenvalue weighted by Gasteiger charge is 2.31. The van der Waals surface area contributed by atoms with Crippen molar-refractivity contribution >= 4 is 27.6 Å². The van der Waals surface area contributed by atoms with E-state index in [0.29, 0.717) is 23.9 Å². The first-order valence-electron chi connectivity index (χ1n) is 6.55. The molecule has 2 N–H and O–H groups in total. The van der Waals surface area contributed by atoms with Crippen molar-refractivity contribution in [3.8, 4) is 5.75 Å². The molecule has 1 saturated carbocycles. The van der Waals surface area contributed by atoms with Gasteiger partial charge in [0.25, 0.3) is 0 Å². The van der Waals surface area contributed by atoms with Crippen LogP contribution in [-0.4, -0.2) is 42.8 Å². The summed E-state index contributed by atoms with van der Waals surface area (Å²) in [5.41, 5.74) is 0.597. The van der Waals surface area contributed by atoms with Gasteiger partial charge in [0.1, 0.15) is 5.75 Å². The van der Waals surface area contributed by atoms with Crippen LogP contribution in [0, 0.1) is 5.92 Å². The number of urea groups is 1. The second-order valence-electron chi connectivity index (χ2n) is 5.06. The van der Waals surface area contributed by atoms with Crippen LogP contribution >= 0.6 is 15.9 Å². The Morgan fingerprint density at radius 3 is 2.90 bits per heavy atom. The van der Waals surface area contributed by atoms with Crippen LogP contribution in [0.1, 0.15) is 12.8 Å². The smallest absolute Gasteiger partial charge is 0.321 e. The third-order valence-corrected chi connectivity index (χ3v) is 3.87. The number of hydrogen-bond acceptors (Lipinski definition) is 3. The second kappa shape index (κ2) is 6.45. The molecule has 1 aliphatic rings. The zero-order valence-electron chi connectivity index (χ0n) is 11.6. The van der Waals surface area contributed by atoms with Gasteiger partial charge in [0, 0.05) is 18.1 Å². The van der Waals surface area contributed by atoms with Crippen LogP contribution in [0.15, 0.2) is 22.7 Å². The van der Waals surface area contributed by atoms with Crippen molar-refractivity contribution < 1.29 is 14.6 Å². The number of hydrogen-bond donors (Lipinski definition) is 2. The number of anilines is 1. The number of nitrogens with zero attached hydrogens (tertiary/aromatic N) is 1. The van der Waals surface area contributed by atoms with Crippen LogP contribution in [0.2, 0.25) is 0 Å². The lowest BCUT2D eigenvalue weighted by Gasteiger charge is -2.21. The SMILES string of the molecule is COc1ccc(Br)cc1NC(=O)N(C)CC(O)C1CC1. The summed E-state index contributed by atoms with van der Waals surface area (Å²) in [4.78, 5) is 13.6. The second-order valence-corrected chi connectivity index (χ2v) is 5.98. The number of methoxy groups -OCH3 is 1. The molecule has 0 aliphatic heterocycles. The molecule has 1 fully saturated rings. The van der Waals surface area contributed by atoms with E-state index in [2.05, 4.69) is 21.2 Å². The molecule has 0 heterocycles. The Bertz CT molecular complexity index is 491. The van der Waals surface area contributed by atoms with E-state index in [1.807, 2.05) is 6.07 Å². The third kappa shape index (κ3) is 3.86. The van der Waals surface area contributed by atoms with Gasteiger partial charge < -0.3 is 20.1 Å². The van der Waals surface area contributed by atoms with Gasteiger partial charge in [0.05, 0.1) is 18.9 Å². The van der Waals surface area contributed by atoms with Crippen LogP contribution in [0.25, 0.3) is 0 Å². The zero-order chi connectivity index (χ0) is 14.7. The van der Waals surface area contributed by atoms with Crippen LogP contribution in [0.3, 0.4) is 0 Å². The van der Waals surface area contributed by atoms with Crippen molar-refractivity contribution in [2.45, 2.75) is 18.9 Å². The standard InChI is InChI=1S/C14H19BrN2O3/c1-17(8-12(18)9-3-4-9)14(19)16-11-7-10(15)5-6-13(11)20-2/h5-7,9,12,18H,3-4,8H2,1-2H3,(H,16,19). The number of carbonyl (C=O) groups is 1. The van der Waals surface area contributed by atoms with E-state index in [9.17, 15) is 9.90 Å². The van der Waals surface area contributed by atoms with Crippen molar-refractivity contribution in [2.75, 3.05) is 26.0 Å². The number of nitrogens with one attached hydrogen (secondary N) is 1. The Balaban J connectivity index is 1.97. The summed E-state index contributed by atoms with van der Waals surface area (Å²) < 4.78 is 6.06. The van der Waals surface area contributed by atoms with Gasteiger partial charge in [-0.25, -0.2) is 4.79 Å². The van der Waals surface area contributed by atoms with Crippen molar-refractivity contribution in [3.63, 3.8) is 0 Å². The highest BCUT2D eigenvalue weighted by molar-refractivity contribution is 9.10. The molecule has 0 spiro atoms. The van der Waals surface area contributed by atoms with E-state index >= 15 is 0 Å². The van der Waals surface area contributed by atoms with Crippen LogP contribution < -0.4 is 10.1 Å². The molecule has 0 radical (unpaired) electrons. The maximum atomic E-state index is 12.1. The number of likely N-dealkylation sites (N-methyl/N-ethyl adjacent to an activating group) is 1. The quantitative estimate of drug-likeness (QED) is 0.864. The minimum absolute atomic E-state index is 0.263. The van der Waals surface area contributed by atoms with Gasteiger partial charge in [-0.05, 0) is 37.0 Å². The summed E-state index contributed by atoms with van der Waals surface area (Å²) in [5, 5.41) is 12.7. The first-order valence-corrected chi connectivity index (χ1v) is 7.34. The number of ether oxygens (including phenoxy) is 1. The highest BCUT2D eigenvalue weighted by Crippen LogP contribution is 2.33. The van der Waals surface area contributed by atoms with Gasteiger partial charge in [-0.2, -0.15) is 0 Å². The first kappa shape index (κ1) is 15.1. The lowest BCUT2D eigenvalue weighted by Crippen LogP contribution is -2.38. The number of benzene rings is 1. The number of halogens is 1. The van der Waals surface area contributed by atoms with E-state index in [4.69, 9.17) is 4.74 Å². The fraction of sp³-hybridized carbons (Fsp3) is 0.500. The fourth-order valence-electron chi connectivity index (χ4n) is 1.98. The fourth-order valence-corrected chi connectivity index (χ4v) is 2.34. The Hall–Kier alpha value is -1.27. The lowest BCUT2D eigenvalue weighted by molar-refractivity contribution is 0.117. The molecular weight excluding hydrogens is 324 g/mol. The molecule has 1 aromatic carbocycles. The maximum Gasteiger partial charge on any atom is 0.321 e. The molecule has 2 amide bonds. The Kier molecular flexibility index (Phi) is 4.88. The van der Waals surface area contributed by atoms with Crippen molar-refractivity contribution in [1.29, 1.82) is 0 Å². The summed E-state index contributed by atoms with van der Waals surface area (Å²) in [7, 11) is 3.23. The molecule has 1 aromatic rings. The molecule has 0 bridgehead atoms. The third-order valence-electron chi connectivity index (χ3n) is 3.38. The van der Waals surface area contributed by atoms with Crippen molar-refractivity contribution in [1.82, 2.24) is 4.90 Å². The molecule has 20 heavy (non-hydrogen) atoms. The van der Waals surface area contributed by atoms with E-state index in [1.54, 1.807) is 26.3 Å². The normalized spacial score (nSPS) is 15.6. The lowest BCUT2D eigenvalue weighted by atomic mass is 10.2. The van der Waals surface area contributed by atoms with Crippen LogP contribution in [-0.2, 0) is 0 Å². The van der Waals surface area contributed by atoms with Crippen LogP contribution in [0.5, 0.6) is 5.75 Å². The molecule has 5 nitrogen and oxygen atoms in total. The number of amides is 2. The number of rotatable bonds is 5. The van der Waals surface area contributed by atoms with E-state index in [-0.39, 0.29) is 6.03 Å². The number of aliphatic hydroxyl groups is 1. The van der Waals surface area contributed by atoms with Gasteiger partial charge in [0.2, 0.25) is 0 Å². The molecule has 0 aromatic heterocycles. The maximum absolute atomic E-state index is 12.1. The summed E-state index contributed by atoms with van der Waals surface area (Å²) in [5.74, 6) is 0.948. The van der Waals surface area contributed by atoms with E-state index in [1.165, 1.54) is 4.90 Å².